The third kappa shape index (κ3) is 3.69. The van der Waals surface area contributed by atoms with E-state index in [2.05, 4.69) is 5.16 Å². The zero-order valence-corrected chi connectivity index (χ0v) is 12.9. The summed E-state index contributed by atoms with van der Waals surface area (Å²) in [4.78, 5) is 14.2. The summed E-state index contributed by atoms with van der Waals surface area (Å²) >= 11 is 0. The minimum absolute atomic E-state index is 0.0262. The van der Waals surface area contributed by atoms with Crippen LogP contribution in [-0.4, -0.2) is 23.0 Å². The number of carbonyl (C=O) groups is 1. The quantitative estimate of drug-likeness (QED) is 0.699. The van der Waals surface area contributed by atoms with Crippen LogP contribution in [0.25, 0.3) is 0 Å². The lowest BCUT2D eigenvalue weighted by molar-refractivity contribution is -0.130. The highest BCUT2D eigenvalue weighted by Gasteiger charge is 2.22. The van der Waals surface area contributed by atoms with E-state index < -0.39 is 0 Å². The van der Waals surface area contributed by atoms with Crippen molar-refractivity contribution in [3.63, 3.8) is 0 Å². The minimum Gasteiger partial charge on any atom is -0.469 e. The van der Waals surface area contributed by atoms with Gasteiger partial charge in [-0.25, -0.2) is 0 Å². The van der Waals surface area contributed by atoms with Gasteiger partial charge < -0.3 is 13.8 Å². The smallest absolute Gasteiger partial charge is 0.223 e. The summed E-state index contributed by atoms with van der Waals surface area (Å²) in [5, 5.41) is 3.84. The molecule has 1 unspecified atom stereocenters. The lowest BCUT2D eigenvalue weighted by atomic mass is 9.92. The molecule has 0 saturated carbocycles. The Bertz CT molecular complexity index is 721. The lowest BCUT2D eigenvalue weighted by Gasteiger charge is -2.20. The fraction of sp³-hybridized carbons (Fsp3) is 0.222. The third-order valence-electron chi connectivity index (χ3n) is 3.78. The zero-order valence-electron chi connectivity index (χ0n) is 12.9. The van der Waals surface area contributed by atoms with Crippen LogP contribution in [0, 0.1) is 0 Å². The number of carbonyl (C=O) groups excluding carboxylic acids is 1. The van der Waals surface area contributed by atoms with E-state index >= 15 is 0 Å². The van der Waals surface area contributed by atoms with E-state index in [1.807, 2.05) is 42.5 Å². The molecule has 0 spiro atoms. The van der Waals surface area contributed by atoms with Crippen LogP contribution in [-0.2, 0) is 11.3 Å². The van der Waals surface area contributed by atoms with Crippen LogP contribution >= 0.6 is 0 Å². The molecule has 3 aromatic rings. The fourth-order valence-electron chi connectivity index (χ4n) is 2.54. The molecule has 1 aromatic carbocycles. The van der Waals surface area contributed by atoms with Gasteiger partial charge in [-0.05, 0) is 17.7 Å². The molecule has 1 amide bonds. The van der Waals surface area contributed by atoms with Crippen molar-refractivity contribution in [2.45, 2.75) is 18.9 Å². The van der Waals surface area contributed by atoms with Crippen LogP contribution in [0.4, 0.5) is 0 Å². The van der Waals surface area contributed by atoms with Crippen molar-refractivity contribution >= 4 is 5.91 Å². The predicted molar refractivity (Wildman–Crippen MR) is 84.6 cm³/mol. The first-order valence-electron chi connectivity index (χ1n) is 7.45. The number of rotatable bonds is 6. The average molecular weight is 310 g/mol. The average Bonchev–Trinajstić information content (AvgIpc) is 3.26. The minimum atomic E-state index is -0.0986. The van der Waals surface area contributed by atoms with Gasteiger partial charge in [0.25, 0.3) is 0 Å². The van der Waals surface area contributed by atoms with Gasteiger partial charge in [-0.15, -0.1) is 0 Å². The second-order valence-corrected chi connectivity index (χ2v) is 5.42. The maximum atomic E-state index is 12.6. The molecule has 0 saturated heterocycles. The molecule has 0 aliphatic rings. The van der Waals surface area contributed by atoms with E-state index in [-0.39, 0.29) is 11.8 Å². The summed E-state index contributed by atoms with van der Waals surface area (Å²) in [6.45, 7) is 0.426. The molecule has 0 aliphatic carbocycles. The second kappa shape index (κ2) is 6.96. The normalized spacial score (nSPS) is 12.0. The van der Waals surface area contributed by atoms with E-state index in [4.69, 9.17) is 8.94 Å². The van der Waals surface area contributed by atoms with Crippen LogP contribution in [0.1, 0.15) is 29.4 Å². The highest BCUT2D eigenvalue weighted by atomic mass is 16.5. The van der Waals surface area contributed by atoms with Gasteiger partial charge >= 0.3 is 0 Å². The maximum Gasteiger partial charge on any atom is 0.223 e. The molecule has 5 heteroatoms. The molecule has 0 N–H and O–H groups in total. The van der Waals surface area contributed by atoms with Crippen molar-refractivity contribution < 1.29 is 13.7 Å². The van der Waals surface area contributed by atoms with Gasteiger partial charge in [0, 0.05) is 19.5 Å². The first-order chi connectivity index (χ1) is 11.2. The van der Waals surface area contributed by atoms with Crippen molar-refractivity contribution in [1.82, 2.24) is 10.1 Å². The summed E-state index contributed by atoms with van der Waals surface area (Å²) in [5.74, 6) is 0.719. The fourth-order valence-corrected chi connectivity index (χ4v) is 2.54. The Morgan fingerprint density at radius 1 is 1.13 bits per heavy atom. The predicted octanol–water partition coefficient (Wildman–Crippen LogP) is 3.45. The number of amides is 1. The Labute approximate surface area is 134 Å². The topological polar surface area (TPSA) is 59.5 Å². The van der Waals surface area contributed by atoms with Crippen LogP contribution in [0.5, 0.6) is 0 Å². The summed E-state index contributed by atoms with van der Waals surface area (Å²) in [6, 6.07) is 15.4. The molecule has 0 bridgehead atoms. The molecule has 3 rings (SSSR count). The summed E-state index contributed by atoms with van der Waals surface area (Å²) in [7, 11) is 1.77. The molecular formula is C18H18N2O3. The molecule has 5 nitrogen and oxygen atoms in total. The standard InChI is InChI=1S/C18H18N2O3/c1-20(13-15-9-11-23-19-15)18(21)12-16(17-8-5-10-22-17)14-6-3-2-4-7-14/h2-11,16H,12-13H2,1H3. The first-order valence-corrected chi connectivity index (χ1v) is 7.45. The van der Waals surface area contributed by atoms with Gasteiger partial charge in [-0.2, -0.15) is 0 Å². The lowest BCUT2D eigenvalue weighted by Crippen LogP contribution is -2.28. The molecule has 2 aromatic heterocycles. The maximum absolute atomic E-state index is 12.6. The molecule has 2 heterocycles. The number of hydrogen-bond acceptors (Lipinski definition) is 4. The number of benzene rings is 1. The van der Waals surface area contributed by atoms with Crippen molar-refractivity contribution in [3.8, 4) is 0 Å². The highest BCUT2D eigenvalue weighted by molar-refractivity contribution is 5.77. The van der Waals surface area contributed by atoms with Gasteiger partial charge in [0.1, 0.15) is 17.7 Å². The van der Waals surface area contributed by atoms with E-state index in [0.717, 1.165) is 17.0 Å². The van der Waals surface area contributed by atoms with Gasteiger partial charge in [0.05, 0.1) is 18.7 Å². The number of nitrogens with zero attached hydrogens (tertiary/aromatic N) is 2. The van der Waals surface area contributed by atoms with E-state index in [9.17, 15) is 4.79 Å². The van der Waals surface area contributed by atoms with Crippen molar-refractivity contribution in [2.24, 2.45) is 0 Å². The summed E-state index contributed by atoms with van der Waals surface area (Å²) in [5.41, 5.74) is 1.79. The summed E-state index contributed by atoms with van der Waals surface area (Å²) < 4.78 is 10.3. The SMILES string of the molecule is CN(Cc1ccon1)C(=O)CC(c1ccccc1)c1ccco1. The zero-order chi connectivity index (χ0) is 16.1. The number of hydrogen-bond donors (Lipinski definition) is 0. The Morgan fingerprint density at radius 3 is 2.61 bits per heavy atom. The second-order valence-electron chi connectivity index (χ2n) is 5.42. The van der Waals surface area contributed by atoms with Crippen molar-refractivity contribution in [3.05, 3.63) is 78.1 Å². The van der Waals surface area contributed by atoms with Crippen molar-refractivity contribution in [1.29, 1.82) is 0 Å². The van der Waals surface area contributed by atoms with Crippen LogP contribution < -0.4 is 0 Å². The molecule has 0 fully saturated rings. The molecular weight excluding hydrogens is 292 g/mol. The van der Waals surface area contributed by atoms with Gasteiger partial charge in [0.15, 0.2) is 0 Å². The van der Waals surface area contributed by atoms with Crippen molar-refractivity contribution in [2.75, 3.05) is 7.05 Å². The Kier molecular flexibility index (Phi) is 4.57. The third-order valence-corrected chi connectivity index (χ3v) is 3.78. The number of furan rings is 1. The van der Waals surface area contributed by atoms with E-state index in [1.54, 1.807) is 24.3 Å². The molecule has 0 aliphatic heterocycles. The molecule has 118 valence electrons. The monoisotopic (exact) mass is 310 g/mol. The van der Waals surface area contributed by atoms with Gasteiger partial charge in [-0.1, -0.05) is 35.5 Å². The van der Waals surface area contributed by atoms with Crippen LogP contribution in [0.3, 0.4) is 0 Å². The van der Waals surface area contributed by atoms with Gasteiger partial charge in [0.2, 0.25) is 5.91 Å². The Balaban J connectivity index is 1.74. The van der Waals surface area contributed by atoms with Gasteiger partial charge in [-0.3, -0.25) is 4.79 Å². The Hall–Kier alpha value is -2.82. The molecule has 1 atom stereocenters. The number of aromatic nitrogens is 1. The van der Waals surface area contributed by atoms with Crippen LogP contribution in [0.15, 0.2) is 70.0 Å². The van der Waals surface area contributed by atoms with E-state index in [1.165, 1.54) is 6.26 Å². The Morgan fingerprint density at radius 2 is 1.96 bits per heavy atom. The first kappa shape index (κ1) is 15.1. The largest absolute Gasteiger partial charge is 0.469 e. The molecule has 23 heavy (non-hydrogen) atoms. The van der Waals surface area contributed by atoms with Crippen LogP contribution in [0.2, 0.25) is 0 Å². The summed E-state index contributed by atoms with van der Waals surface area (Å²) in [6.07, 6.45) is 3.48. The van der Waals surface area contributed by atoms with E-state index in [0.29, 0.717) is 13.0 Å². The molecule has 0 radical (unpaired) electrons. The highest BCUT2D eigenvalue weighted by Crippen LogP contribution is 2.29.